The van der Waals surface area contributed by atoms with Gasteiger partial charge in [0, 0.05) is 63.5 Å². The van der Waals surface area contributed by atoms with E-state index < -0.39 is 0 Å². The molecule has 1 saturated heterocycles. The molecule has 3 aromatic heterocycles. The number of imidazole rings is 1. The smallest absolute Gasteiger partial charge is 0.289 e. The first kappa shape index (κ1) is 19.3. The van der Waals surface area contributed by atoms with Gasteiger partial charge in [0.25, 0.3) is 5.91 Å². The molecule has 1 aliphatic carbocycles. The number of furan rings is 1. The number of fused-ring (bicyclic) bond motifs is 2. The summed E-state index contributed by atoms with van der Waals surface area (Å²) >= 11 is 6.05. The Morgan fingerprint density at radius 1 is 1.17 bits per heavy atom. The highest BCUT2D eigenvalue weighted by molar-refractivity contribution is 6.30. The van der Waals surface area contributed by atoms with Gasteiger partial charge in [0.15, 0.2) is 11.5 Å². The normalized spacial score (nSPS) is 17.5. The van der Waals surface area contributed by atoms with Crippen LogP contribution in [-0.4, -0.2) is 57.1 Å². The van der Waals surface area contributed by atoms with Crippen LogP contribution < -0.4 is 0 Å². The Morgan fingerprint density at radius 2 is 1.97 bits per heavy atom. The van der Waals surface area contributed by atoms with Crippen molar-refractivity contribution >= 4 is 28.9 Å². The fourth-order valence-corrected chi connectivity index (χ4v) is 4.60. The second kappa shape index (κ2) is 7.56. The van der Waals surface area contributed by atoms with Gasteiger partial charge in [-0.15, -0.1) is 0 Å². The van der Waals surface area contributed by atoms with Crippen molar-refractivity contribution in [3.63, 3.8) is 0 Å². The number of amides is 1. The molecule has 1 fully saturated rings. The molecule has 3 aromatic rings. The average molecular weight is 427 g/mol. The van der Waals surface area contributed by atoms with E-state index in [0.29, 0.717) is 47.2 Å². The number of rotatable bonds is 3. The predicted octanol–water partition coefficient (Wildman–Crippen LogP) is 3.37. The van der Waals surface area contributed by atoms with Gasteiger partial charge in [-0.1, -0.05) is 11.6 Å². The third kappa shape index (κ3) is 3.42. The van der Waals surface area contributed by atoms with E-state index in [1.165, 1.54) is 0 Å². The Kier molecular flexibility index (Phi) is 4.87. The topological polar surface area (TPSA) is 71.1 Å². The lowest BCUT2D eigenvalue weighted by Gasteiger charge is -2.34. The summed E-state index contributed by atoms with van der Waals surface area (Å²) in [6, 6.07) is 3.73. The summed E-state index contributed by atoms with van der Waals surface area (Å²) in [4.78, 5) is 34.0. The number of carbonyl (C=O) groups excluding carboxylic acids is 2. The lowest BCUT2D eigenvalue weighted by atomic mass is 9.94. The number of pyridine rings is 1. The van der Waals surface area contributed by atoms with Crippen LogP contribution in [0.1, 0.15) is 50.8 Å². The SMILES string of the molecule is Cc1c(C(=O)N2CCN(Cc3cn4cc(Cl)ccc4n3)CC2)oc2c1C(=O)CCC2. The van der Waals surface area contributed by atoms with Gasteiger partial charge in [0.2, 0.25) is 0 Å². The van der Waals surface area contributed by atoms with E-state index in [2.05, 4.69) is 9.88 Å². The number of aromatic nitrogens is 2. The maximum absolute atomic E-state index is 13.0. The number of nitrogens with zero attached hydrogens (tertiary/aromatic N) is 4. The van der Waals surface area contributed by atoms with Crippen LogP contribution in [0.25, 0.3) is 5.65 Å². The van der Waals surface area contributed by atoms with Gasteiger partial charge < -0.3 is 13.7 Å². The summed E-state index contributed by atoms with van der Waals surface area (Å²) in [7, 11) is 0. The standard InChI is InChI=1S/C22H23ClN4O3/c1-14-20-17(28)3-2-4-18(20)30-21(14)22(29)26-9-7-25(8-10-26)12-16-13-27-11-15(23)5-6-19(27)24-16/h5-6,11,13H,2-4,7-10,12H2,1H3. The molecule has 30 heavy (non-hydrogen) atoms. The van der Waals surface area contributed by atoms with E-state index in [-0.39, 0.29) is 11.7 Å². The van der Waals surface area contributed by atoms with Gasteiger partial charge in [0.05, 0.1) is 16.3 Å². The first-order valence-electron chi connectivity index (χ1n) is 10.3. The number of Topliss-reactive ketones (excluding diaryl/α,β-unsaturated/α-hetero) is 1. The second-order valence-corrected chi connectivity index (χ2v) is 8.48. The molecule has 4 heterocycles. The Morgan fingerprint density at radius 3 is 2.73 bits per heavy atom. The van der Waals surface area contributed by atoms with Crippen molar-refractivity contribution in [3.05, 3.63) is 57.9 Å². The molecule has 0 unspecified atom stereocenters. The maximum Gasteiger partial charge on any atom is 0.289 e. The minimum Gasteiger partial charge on any atom is -0.455 e. The third-order valence-corrected chi connectivity index (χ3v) is 6.23. The number of hydrogen-bond acceptors (Lipinski definition) is 5. The Bertz CT molecular complexity index is 1140. The van der Waals surface area contributed by atoms with Gasteiger partial charge in [-0.3, -0.25) is 14.5 Å². The van der Waals surface area contributed by atoms with E-state index in [1.807, 2.05) is 40.8 Å². The molecule has 0 N–H and O–H groups in total. The van der Waals surface area contributed by atoms with Gasteiger partial charge in [0.1, 0.15) is 11.4 Å². The molecule has 8 heteroatoms. The Balaban J connectivity index is 1.24. The number of hydrogen-bond donors (Lipinski definition) is 0. The summed E-state index contributed by atoms with van der Waals surface area (Å²) in [5, 5.41) is 0.676. The first-order valence-corrected chi connectivity index (χ1v) is 10.7. The molecule has 1 aliphatic heterocycles. The fraction of sp³-hybridized carbons (Fsp3) is 0.409. The van der Waals surface area contributed by atoms with Crippen molar-refractivity contribution in [2.75, 3.05) is 26.2 Å². The summed E-state index contributed by atoms with van der Waals surface area (Å²) in [5.74, 6) is 0.991. The van der Waals surface area contributed by atoms with Crippen molar-refractivity contribution in [2.45, 2.75) is 32.7 Å². The van der Waals surface area contributed by atoms with E-state index in [9.17, 15) is 9.59 Å². The third-order valence-electron chi connectivity index (χ3n) is 6.01. The minimum atomic E-state index is -0.114. The maximum atomic E-state index is 13.0. The van der Waals surface area contributed by atoms with Crippen molar-refractivity contribution in [1.82, 2.24) is 19.2 Å². The summed E-state index contributed by atoms with van der Waals surface area (Å²) in [6.07, 6.45) is 5.90. The highest BCUT2D eigenvalue weighted by atomic mass is 35.5. The Hall–Kier alpha value is -2.64. The van der Waals surface area contributed by atoms with Gasteiger partial charge in [-0.25, -0.2) is 4.98 Å². The zero-order valence-electron chi connectivity index (χ0n) is 16.9. The Labute approximate surface area is 179 Å². The van der Waals surface area contributed by atoms with Crippen molar-refractivity contribution in [2.24, 2.45) is 0 Å². The molecule has 2 aliphatic rings. The molecule has 0 saturated carbocycles. The lowest BCUT2D eigenvalue weighted by Crippen LogP contribution is -2.48. The zero-order valence-corrected chi connectivity index (χ0v) is 17.6. The quantitative estimate of drug-likeness (QED) is 0.642. The van der Waals surface area contributed by atoms with E-state index in [0.717, 1.165) is 43.8 Å². The van der Waals surface area contributed by atoms with Crippen molar-refractivity contribution < 1.29 is 14.0 Å². The highest BCUT2D eigenvalue weighted by Gasteiger charge is 2.32. The molecule has 5 rings (SSSR count). The molecule has 0 radical (unpaired) electrons. The first-order chi connectivity index (χ1) is 14.5. The van der Waals surface area contributed by atoms with E-state index in [4.69, 9.17) is 16.0 Å². The summed E-state index contributed by atoms with van der Waals surface area (Å²) < 4.78 is 7.77. The van der Waals surface area contributed by atoms with Gasteiger partial charge >= 0.3 is 0 Å². The van der Waals surface area contributed by atoms with Crippen LogP contribution in [0.15, 0.2) is 28.9 Å². The number of piperazine rings is 1. The second-order valence-electron chi connectivity index (χ2n) is 8.04. The van der Waals surface area contributed by atoms with E-state index >= 15 is 0 Å². The zero-order chi connectivity index (χ0) is 20.8. The predicted molar refractivity (Wildman–Crippen MR) is 112 cm³/mol. The summed E-state index contributed by atoms with van der Waals surface area (Å²) in [6.45, 7) is 5.32. The van der Waals surface area contributed by atoms with Crippen LogP contribution in [0.3, 0.4) is 0 Å². The number of aryl methyl sites for hydroxylation is 1. The number of halogens is 1. The molecule has 0 atom stereocenters. The van der Waals surface area contributed by atoms with Crippen LogP contribution in [0.4, 0.5) is 0 Å². The summed E-state index contributed by atoms with van der Waals surface area (Å²) in [5.41, 5.74) is 3.18. The van der Waals surface area contributed by atoms with Crippen LogP contribution in [0, 0.1) is 6.92 Å². The van der Waals surface area contributed by atoms with Crippen LogP contribution in [-0.2, 0) is 13.0 Å². The highest BCUT2D eigenvalue weighted by Crippen LogP contribution is 2.30. The number of ketones is 1. The molecule has 0 aromatic carbocycles. The largest absolute Gasteiger partial charge is 0.455 e. The van der Waals surface area contributed by atoms with E-state index in [1.54, 1.807) is 0 Å². The van der Waals surface area contributed by atoms with Crippen LogP contribution in [0.2, 0.25) is 5.02 Å². The van der Waals surface area contributed by atoms with Crippen molar-refractivity contribution in [1.29, 1.82) is 0 Å². The fourth-order valence-electron chi connectivity index (χ4n) is 4.43. The molecule has 0 bridgehead atoms. The monoisotopic (exact) mass is 426 g/mol. The molecule has 1 amide bonds. The van der Waals surface area contributed by atoms with Crippen LogP contribution in [0.5, 0.6) is 0 Å². The van der Waals surface area contributed by atoms with Crippen LogP contribution >= 0.6 is 11.6 Å². The molecular weight excluding hydrogens is 404 g/mol. The molecule has 0 spiro atoms. The minimum absolute atomic E-state index is 0.0927. The molecule has 7 nitrogen and oxygen atoms in total. The number of carbonyl (C=O) groups is 2. The van der Waals surface area contributed by atoms with Gasteiger partial charge in [-0.05, 0) is 25.5 Å². The lowest BCUT2D eigenvalue weighted by molar-refractivity contribution is 0.0593. The molecular formula is C22H23ClN4O3. The van der Waals surface area contributed by atoms with Crippen molar-refractivity contribution in [3.8, 4) is 0 Å². The molecule has 156 valence electrons. The van der Waals surface area contributed by atoms with Gasteiger partial charge in [-0.2, -0.15) is 0 Å². The average Bonchev–Trinajstić information content (AvgIpc) is 3.28.